The number of halogens is 1. The normalized spacial score (nSPS) is 12.5. The van der Waals surface area contributed by atoms with E-state index in [0.717, 1.165) is 16.9 Å². The average Bonchev–Trinajstić information content (AvgIpc) is 3.15. The molecule has 1 aromatic carbocycles. The first kappa shape index (κ1) is 24.4. The smallest absolute Gasteiger partial charge is 0.242 e. The molecule has 1 aromatic heterocycles. The van der Waals surface area contributed by atoms with Gasteiger partial charge in [0, 0.05) is 28.2 Å². The summed E-state index contributed by atoms with van der Waals surface area (Å²) in [7, 11) is 0. The summed E-state index contributed by atoms with van der Waals surface area (Å²) in [5.41, 5.74) is 0.363. The molecule has 4 nitrogen and oxygen atoms in total. The van der Waals surface area contributed by atoms with E-state index < -0.39 is 5.41 Å². The number of carbonyl (C=O) groups is 2. The summed E-state index contributed by atoms with van der Waals surface area (Å²) in [5.74, 6) is 0.0885. The van der Waals surface area contributed by atoms with Crippen LogP contribution >= 0.6 is 22.9 Å². The third-order valence-electron chi connectivity index (χ3n) is 5.31. The second-order valence-electron chi connectivity index (χ2n) is 8.46. The maximum absolute atomic E-state index is 13.4. The molecule has 0 N–H and O–H groups in total. The number of hydrogen-bond donors (Lipinski definition) is 0. The van der Waals surface area contributed by atoms with Crippen molar-refractivity contribution in [2.24, 2.45) is 5.41 Å². The molecule has 0 saturated carbocycles. The summed E-state index contributed by atoms with van der Waals surface area (Å²) < 4.78 is 0. The third kappa shape index (κ3) is 6.58. The van der Waals surface area contributed by atoms with E-state index in [4.69, 9.17) is 11.6 Å². The van der Waals surface area contributed by atoms with E-state index >= 15 is 0 Å². The Morgan fingerprint density at radius 2 is 1.77 bits per heavy atom. The molecule has 0 aliphatic rings. The molecule has 1 unspecified atom stereocenters. The summed E-state index contributed by atoms with van der Waals surface area (Å²) in [5, 5.41) is 0. The van der Waals surface area contributed by atoms with Crippen molar-refractivity contribution < 1.29 is 9.59 Å². The Morgan fingerprint density at radius 3 is 2.30 bits per heavy atom. The van der Waals surface area contributed by atoms with Crippen molar-refractivity contribution >= 4 is 34.8 Å². The highest BCUT2D eigenvalue weighted by atomic mass is 35.5. The molecule has 2 aromatic rings. The highest BCUT2D eigenvalue weighted by Crippen LogP contribution is 2.24. The van der Waals surface area contributed by atoms with Crippen LogP contribution in [0.1, 0.15) is 49.4 Å². The number of alkyl halides is 1. The maximum atomic E-state index is 13.4. The van der Waals surface area contributed by atoms with Gasteiger partial charge >= 0.3 is 0 Å². The summed E-state index contributed by atoms with van der Waals surface area (Å²) >= 11 is 7.75. The van der Waals surface area contributed by atoms with Gasteiger partial charge in [0.2, 0.25) is 11.8 Å². The lowest BCUT2D eigenvalue weighted by Crippen LogP contribution is -2.51. The molecule has 0 fully saturated rings. The molecule has 0 saturated heterocycles. The lowest BCUT2D eigenvalue weighted by atomic mass is 9.93. The van der Waals surface area contributed by atoms with Crippen molar-refractivity contribution in [2.45, 2.75) is 60.2 Å². The number of benzene rings is 1. The van der Waals surface area contributed by atoms with Crippen molar-refractivity contribution in [3.63, 3.8) is 0 Å². The summed E-state index contributed by atoms with van der Waals surface area (Å²) in [6, 6.07) is 14.1. The van der Waals surface area contributed by atoms with E-state index in [0.29, 0.717) is 13.1 Å². The highest BCUT2D eigenvalue weighted by Gasteiger charge is 2.35. The minimum atomic E-state index is -0.708. The SMILES string of the molecule is CCC(C)N(CC(=O)N(Cc1ccccc1)Cc1ccc(C)s1)C(=O)C(C)(C)CCl. The van der Waals surface area contributed by atoms with Crippen LogP contribution in [0.15, 0.2) is 42.5 Å². The van der Waals surface area contributed by atoms with Crippen molar-refractivity contribution in [3.8, 4) is 0 Å². The van der Waals surface area contributed by atoms with E-state index in [1.807, 2.05) is 62.9 Å². The number of nitrogens with zero attached hydrogens (tertiary/aromatic N) is 2. The van der Waals surface area contributed by atoms with Crippen LogP contribution in [0.4, 0.5) is 0 Å². The van der Waals surface area contributed by atoms with Gasteiger partial charge in [-0.25, -0.2) is 0 Å². The van der Waals surface area contributed by atoms with Crippen molar-refractivity contribution in [1.29, 1.82) is 0 Å². The van der Waals surface area contributed by atoms with Gasteiger partial charge in [0.1, 0.15) is 6.54 Å². The van der Waals surface area contributed by atoms with Crippen LogP contribution in [-0.4, -0.2) is 40.1 Å². The highest BCUT2D eigenvalue weighted by molar-refractivity contribution is 7.11. The average molecular weight is 449 g/mol. The molecule has 0 aliphatic carbocycles. The topological polar surface area (TPSA) is 40.6 Å². The first-order valence-electron chi connectivity index (χ1n) is 10.4. The molecule has 0 aliphatic heterocycles. The molecule has 1 atom stereocenters. The number of aryl methyl sites for hydroxylation is 1. The van der Waals surface area contributed by atoms with Gasteiger partial charge in [0.05, 0.1) is 12.0 Å². The van der Waals surface area contributed by atoms with Crippen LogP contribution in [0.5, 0.6) is 0 Å². The monoisotopic (exact) mass is 448 g/mol. The fraction of sp³-hybridized carbons (Fsp3) is 0.500. The number of amides is 2. The van der Waals surface area contributed by atoms with Gasteiger partial charge in [-0.3, -0.25) is 9.59 Å². The van der Waals surface area contributed by atoms with Crippen LogP contribution in [-0.2, 0) is 22.7 Å². The number of hydrogen-bond acceptors (Lipinski definition) is 3. The van der Waals surface area contributed by atoms with E-state index in [-0.39, 0.29) is 30.3 Å². The molecule has 30 heavy (non-hydrogen) atoms. The fourth-order valence-electron chi connectivity index (χ4n) is 3.13. The minimum absolute atomic E-state index is 0.0356. The molecule has 0 spiro atoms. The molecule has 0 radical (unpaired) electrons. The quantitative estimate of drug-likeness (QED) is 0.451. The summed E-state index contributed by atoms with van der Waals surface area (Å²) in [4.78, 5) is 32.5. The molecule has 2 amide bonds. The van der Waals surface area contributed by atoms with Crippen LogP contribution in [0.2, 0.25) is 0 Å². The Hall–Kier alpha value is -1.85. The van der Waals surface area contributed by atoms with E-state index in [2.05, 4.69) is 19.1 Å². The second kappa shape index (κ2) is 11.0. The zero-order valence-corrected chi connectivity index (χ0v) is 20.2. The molecule has 1 heterocycles. The van der Waals surface area contributed by atoms with Gasteiger partial charge in [-0.05, 0) is 51.8 Å². The molecule has 6 heteroatoms. The second-order valence-corrected chi connectivity index (χ2v) is 10.1. The first-order chi connectivity index (χ1) is 14.2. The van der Waals surface area contributed by atoms with Gasteiger partial charge < -0.3 is 9.80 Å². The van der Waals surface area contributed by atoms with Gasteiger partial charge in [-0.1, -0.05) is 37.3 Å². The van der Waals surface area contributed by atoms with E-state index in [1.165, 1.54) is 4.88 Å². The lowest BCUT2D eigenvalue weighted by Gasteiger charge is -2.36. The Labute approximate surface area is 189 Å². The number of carbonyl (C=O) groups excluding carboxylic acids is 2. The number of rotatable bonds is 10. The van der Waals surface area contributed by atoms with Crippen LogP contribution in [0.25, 0.3) is 0 Å². The Balaban J connectivity index is 2.26. The predicted molar refractivity (Wildman–Crippen MR) is 126 cm³/mol. The third-order valence-corrected chi connectivity index (χ3v) is 6.97. The van der Waals surface area contributed by atoms with Gasteiger partial charge in [-0.15, -0.1) is 22.9 Å². The van der Waals surface area contributed by atoms with Gasteiger partial charge in [0.25, 0.3) is 0 Å². The first-order valence-corrected chi connectivity index (χ1v) is 11.8. The lowest BCUT2D eigenvalue weighted by molar-refractivity contribution is -0.148. The van der Waals surface area contributed by atoms with Crippen LogP contribution < -0.4 is 0 Å². The fourth-order valence-corrected chi connectivity index (χ4v) is 4.15. The largest absolute Gasteiger partial charge is 0.332 e. The molecular formula is C24H33ClN2O2S. The van der Waals surface area contributed by atoms with Gasteiger partial charge in [-0.2, -0.15) is 0 Å². The summed E-state index contributed by atoms with van der Waals surface area (Å²) in [6.07, 6.45) is 0.778. The molecule has 2 rings (SSSR count). The molecule has 0 bridgehead atoms. The standard InChI is InChI=1S/C24H33ClN2O2S/c1-6-18(2)27(23(29)24(4,5)17-25)16-22(28)26(14-20-10-8-7-9-11-20)15-21-13-12-19(3)30-21/h7-13,18H,6,14-17H2,1-5H3. The predicted octanol–water partition coefficient (Wildman–Crippen LogP) is 5.48. The summed E-state index contributed by atoms with van der Waals surface area (Å²) in [6.45, 7) is 10.8. The van der Waals surface area contributed by atoms with Crippen molar-refractivity contribution in [3.05, 3.63) is 57.8 Å². The Kier molecular flexibility index (Phi) is 8.92. The van der Waals surface area contributed by atoms with Crippen LogP contribution in [0.3, 0.4) is 0 Å². The Bertz CT molecular complexity index is 835. The van der Waals surface area contributed by atoms with Crippen molar-refractivity contribution in [2.75, 3.05) is 12.4 Å². The maximum Gasteiger partial charge on any atom is 0.242 e. The Morgan fingerprint density at radius 1 is 1.10 bits per heavy atom. The number of thiophene rings is 1. The van der Waals surface area contributed by atoms with E-state index in [9.17, 15) is 9.59 Å². The minimum Gasteiger partial charge on any atom is -0.332 e. The zero-order chi connectivity index (χ0) is 22.3. The van der Waals surface area contributed by atoms with E-state index in [1.54, 1.807) is 16.2 Å². The van der Waals surface area contributed by atoms with Crippen LogP contribution in [0, 0.1) is 12.3 Å². The zero-order valence-electron chi connectivity index (χ0n) is 18.7. The molecule has 164 valence electrons. The van der Waals surface area contributed by atoms with Gasteiger partial charge in [0.15, 0.2) is 0 Å². The van der Waals surface area contributed by atoms with Crippen molar-refractivity contribution in [1.82, 2.24) is 9.80 Å². The molecular weight excluding hydrogens is 416 g/mol.